The summed E-state index contributed by atoms with van der Waals surface area (Å²) >= 11 is 0. The van der Waals surface area contributed by atoms with Gasteiger partial charge in [0.05, 0.1) is 6.61 Å². The van der Waals surface area contributed by atoms with Crippen molar-refractivity contribution in [2.24, 2.45) is 0 Å². The standard InChI is InChI=1S/C6H11NO2/c1-7(8)6-4-2-3-5-9-6/h6H,1-5H2. The van der Waals surface area contributed by atoms with Crippen molar-refractivity contribution < 1.29 is 9.48 Å². The van der Waals surface area contributed by atoms with E-state index in [0.717, 1.165) is 19.3 Å². The molecular weight excluding hydrogens is 118 g/mol. The fourth-order valence-electron chi connectivity index (χ4n) is 0.951. The van der Waals surface area contributed by atoms with Crippen molar-refractivity contribution in [3.63, 3.8) is 0 Å². The monoisotopic (exact) mass is 129 g/mol. The van der Waals surface area contributed by atoms with Crippen LogP contribution in [0.3, 0.4) is 0 Å². The Kier molecular flexibility index (Phi) is 2.05. The summed E-state index contributed by atoms with van der Waals surface area (Å²) in [4.78, 5) is 0. The predicted molar refractivity (Wildman–Crippen MR) is 34.3 cm³/mol. The van der Waals surface area contributed by atoms with Crippen LogP contribution in [0.1, 0.15) is 19.3 Å². The minimum absolute atomic E-state index is 0.279. The van der Waals surface area contributed by atoms with Crippen LogP contribution in [-0.4, -0.2) is 24.3 Å². The molecule has 1 fully saturated rings. The van der Waals surface area contributed by atoms with Crippen LogP contribution in [0.25, 0.3) is 0 Å². The second-order valence-electron chi connectivity index (χ2n) is 2.24. The molecule has 9 heavy (non-hydrogen) atoms. The minimum Gasteiger partial charge on any atom is -0.622 e. The molecule has 1 rings (SSSR count). The molecule has 0 saturated carbocycles. The van der Waals surface area contributed by atoms with E-state index in [9.17, 15) is 5.21 Å². The zero-order chi connectivity index (χ0) is 6.69. The Morgan fingerprint density at radius 2 is 2.33 bits per heavy atom. The molecule has 1 heterocycles. The summed E-state index contributed by atoms with van der Waals surface area (Å²) in [5, 5.41) is 10.5. The number of hydrogen-bond acceptors (Lipinski definition) is 2. The first-order valence-corrected chi connectivity index (χ1v) is 3.19. The number of hydroxylamine groups is 1. The average Bonchev–Trinajstić information content (AvgIpc) is 1.90. The first kappa shape index (κ1) is 6.55. The molecule has 0 amide bonds. The molecule has 0 aromatic carbocycles. The fourth-order valence-corrected chi connectivity index (χ4v) is 0.951. The van der Waals surface area contributed by atoms with Crippen molar-refractivity contribution in [1.29, 1.82) is 0 Å². The fraction of sp³-hybridized carbons (Fsp3) is 0.833. The molecule has 3 nitrogen and oxygen atoms in total. The highest BCUT2D eigenvalue weighted by atomic mass is 16.6. The third-order valence-corrected chi connectivity index (χ3v) is 1.48. The Morgan fingerprint density at radius 3 is 2.67 bits per heavy atom. The van der Waals surface area contributed by atoms with Gasteiger partial charge in [-0.3, -0.25) is 0 Å². The van der Waals surface area contributed by atoms with Crippen LogP contribution < -0.4 is 0 Å². The quantitative estimate of drug-likeness (QED) is 0.226. The van der Waals surface area contributed by atoms with Crippen LogP contribution in [0.2, 0.25) is 0 Å². The lowest BCUT2D eigenvalue weighted by Gasteiger charge is -2.19. The van der Waals surface area contributed by atoms with Gasteiger partial charge >= 0.3 is 0 Å². The van der Waals surface area contributed by atoms with Gasteiger partial charge in [0, 0.05) is 6.42 Å². The van der Waals surface area contributed by atoms with Crippen molar-refractivity contribution >= 4 is 6.72 Å². The summed E-state index contributed by atoms with van der Waals surface area (Å²) in [6.07, 6.45) is 2.70. The summed E-state index contributed by atoms with van der Waals surface area (Å²) in [6, 6.07) is 0. The molecule has 0 radical (unpaired) electrons. The van der Waals surface area contributed by atoms with Crippen molar-refractivity contribution in [2.75, 3.05) is 6.61 Å². The van der Waals surface area contributed by atoms with Crippen LogP contribution in [0.5, 0.6) is 0 Å². The summed E-state index contributed by atoms with van der Waals surface area (Å²) in [7, 11) is 0. The van der Waals surface area contributed by atoms with E-state index in [-0.39, 0.29) is 6.23 Å². The van der Waals surface area contributed by atoms with Gasteiger partial charge in [-0.25, -0.2) is 0 Å². The van der Waals surface area contributed by atoms with Gasteiger partial charge < -0.3 is 9.94 Å². The second-order valence-corrected chi connectivity index (χ2v) is 2.24. The molecule has 0 N–H and O–H groups in total. The number of rotatable bonds is 1. The normalized spacial score (nSPS) is 27.8. The molecule has 1 aliphatic heterocycles. The molecule has 1 saturated heterocycles. The topological polar surface area (TPSA) is 35.3 Å². The molecule has 0 spiro atoms. The number of hydrogen-bond donors (Lipinski definition) is 0. The predicted octanol–water partition coefficient (Wildman–Crippen LogP) is 0.724. The van der Waals surface area contributed by atoms with Crippen molar-refractivity contribution in [1.82, 2.24) is 0 Å². The van der Waals surface area contributed by atoms with E-state index < -0.39 is 0 Å². The lowest BCUT2D eigenvalue weighted by atomic mass is 10.2. The van der Waals surface area contributed by atoms with E-state index >= 15 is 0 Å². The molecule has 0 aliphatic carbocycles. The van der Waals surface area contributed by atoms with Gasteiger partial charge in [-0.05, 0) is 12.8 Å². The largest absolute Gasteiger partial charge is 0.622 e. The summed E-state index contributed by atoms with van der Waals surface area (Å²) in [6.45, 7) is 3.92. The number of ether oxygens (including phenoxy) is 1. The molecule has 52 valence electrons. The SMILES string of the molecule is C=[N+]([O-])C1CCCCO1. The van der Waals surface area contributed by atoms with Crippen LogP contribution >= 0.6 is 0 Å². The molecule has 0 bridgehead atoms. The molecule has 1 atom stereocenters. The molecular formula is C6H11NO2. The highest BCUT2D eigenvalue weighted by molar-refractivity contribution is 5.14. The highest BCUT2D eigenvalue weighted by Crippen LogP contribution is 2.11. The van der Waals surface area contributed by atoms with Crippen LogP contribution in [0, 0.1) is 5.21 Å². The van der Waals surface area contributed by atoms with Gasteiger partial charge in [-0.2, -0.15) is 4.74 Å². The zero-order valence-electron chi connectivity index (χ0n) is 5.38. The molecule has 0 aromatic heterocycles. The van der Waals surface area contributed by atoms with E-state index in [2.05, 4.69) is 6.72 Å². The maximum absolute atomic E-state index is 10.5. The maximum atomic E-state index is 10.5. The Labute approximate surface area is 54.5 Å². The maximum Gasteiger partial charge on any atom is 0.266 e. The first-order chi connectivity index (χ1) is 4.30. The van der Waals surface area contributed by atoms with Crippen LogP contribution in [-0.2, 0) is 4.74 Å². The lowest BCUT2D eigenvalue weighted by molar-refractivity contribution is -0.555. The van der Waals surface area contributed by atoms with Crippen LogP contribution in [0.15, 0.2) is 0 Å². The molecule has 1 aliphatic rings. The molecule has 0 aromatic rings. The Bertz CT molecular complexity index is 108. The number of nitrogens with zero attached hydrogens (tertiary/aromatic N) is 1. The Morgan fingerprint density at radius 1 is 1.56 bits per heavy atom. The first-order valence-electron chi connectivity index (χ1n) is 3.19. The van der Waals surface area contributed by atoms with Crippen molar-refractivity contribution in [3.05, 3.63) is 5.21 Å². The highest BCUT2D eigenvalue weighted by Gasteiger charge is 2.17. The van der Waals surface area contributed by atoms with Gasteiger partial charge in [-0.1, -0.05) is 0 Å². The van der Waals surface area contributed by atoms with E-state index in [1.165, 1.54) is 0 Å². The third-order valence-electron chi connectivity index (χ3n) is 1.48. The Hall–Kier alpha value is -0.570. The van der Waals surface area contributed by atoms with Gasteiger partial charge in [0.1, 0.15) is 6.72 Å². The van der Waals surface area contributed by atoms with E-state index in [0.29, 0.717) is 11.3 Å². The molecule has 1 unspecified atom stereocenters. The van der Waals surface area contributed by atoms with Crippen molar-refractivity contribution in [3.8, 4) is 0 Å². The molecule has 3 heteroatoms. The summed E-state index contributed by atoms with van der Waals surface area (Å²) in [5.41, 5.74) is 0. The lowest BCUT2D eigenvalue weighted by Crippen LogP contribution is -2.27. The summed E-state index contributed by atoms with van der Waals surface area (Å²) in [5.74, 6) is 0. The van der Waals surface area contributed by atoms with Gasteiger partial charge in [0.25, 0.3) is 6.23 Å². The Balaban J connectivity index is 2.31. The third kappa shape index (κ3) is 1.68. The van der Waals surface area contributed by atoms with Gasteiger partial charge in [0.2, 0.25) is 0 Å². The second kappa shape index (κ2) is 2.82. The van der Waals surface area contributed by atoms with E-state index in [4.69, 9.17) is 4.74 Å². The van der Waals surface area contributed by atoms with Crippen LogP contribution in [0.4, 0.5) is 0 Å². The van der Waals surface area contributed by atoms with E-state index in [1.807, 2.05) is 0 Å². The van der Waals surface area contributed by atoms with Gasteiger partial charge in [0.15, 0.2) is 0 Å². The van der Waals surface area contributed by atoms with Crippen molar-refractivity contribution in [2.45, 2.75) is 25.5 Å². The van der Waals surface area contributed by atoms with E-state index in [1.54, 1.807) is 0 Å². The van der Waals surface area contributed by atoms with Gasteiger partial charge in [-0.15, -0.1) is 0 Å². The minimum atomic E-state index is -0.279. The average molecular weight is 129 g/mol. The smallest absolute Gasteiger partial charge is 0.266 e. The summed E-state index contributed by atoms with van der Waals surface area (Å²) < 4.78 is 5.73. The zero-order valence-corrected chi connectivity index (χ0v) is 5.38.